The van der Waals surface area contributed by atoms with E-state index in [1.54, 1.807) is 26.8 Å². The Kier molecular flexibility index (Phi) is 11.5. The first-order chi connectivity index (χ1) is 23.5. The highest BCUT2D eigenvalue weighted by Crippen LogP contribution is 2.60. The molecule has 6 rings (SSSR count). The lowest BCUT2D eigenvalue weighted by Crippen LogP contribution is -2.59. The summed E-state index contributed by atoms with van der Waals surface area (Å²) in [6.07, 6.45) is 9.58. The molecule has 0 amide bonds. The van der Waals surface area contributed by atoms with Crippen LogP contribution in [-0.2, 0) is 47.7 Å². The molecule has 0 aromatic heterocycles. The molecule has 1 saturated heterocycles. The van der Waals surface area contributed by atoms with Gasteiger partial charge in [0.25, 0.3) is 0 Å². The number of carbonyl (C=O) groups is 5. The molecule has 4 unspecified atom stereocenters. The van der Waals surface area contributed by atoms with Crippen LogP contribution in [-0.4, -0.2) is 61.2 Å². The SMILES string of the molecule is CCC(C)(CC(C)(CC(C)(C)C(=O)OCCCCOC1=CC(=O)CC(C)C1)C(=O)OC1CCOC1=O)C(=O)OC1(C)C2CC3CC(C2)CC1C3. The predicted molar refractivity (Wildman–Crippen MR) is 184 cm³/mol. The van der Waals surface area contributed by atoms with Crippen molar-refractivity contribution in [2.45, 2.75) is 144 Å². The van der Waals surface area contributed by atoms with Gasteiger partial charge < -0.3 is 23.7 Å². The summed E-state index contributed by atoms with van der Waals surface area (Å²) in [7, 11) is 0. The Morgan fingerprint density at radius 1 is 0.860 bits per heavy atom. The minimum Gasteiger partial charge on any atom is -0.498 e. The Labute approximate surface area is 298 Å². The fourth-order valence-corrected chi connectivity index (χ4v) is 9.85. The molecule has 5 aliphatic carbocycles. The van der Waals surface area contributed by atoms with Crippen LogP contribution in [0.15, 0.2) is 11.8 Å². The first-order valence-corrected chi connectivity index (χ1v) is 19.1. The Balaban J connectivity index is 1.23. The third kappa shape index (κ3) is 8.41. The third-order valence-corrected chi connectivity index (χ3v) is 12.6. The second kappa shape index (κ2) is 15.0. The molecule has 280 valence electrons. The lowest BCUT2D eigenvalue weighted by molar-refractivity contribution is -0.214. The number of ketones is 1. The van der Waals surface area contributed by atoms with E-state index < -0.39 is 45.9 Å². The number of cyclic esters (lactones) is 1. The number of hydrogen-bond acceptors (Lipinski definition) is 10. The molecule has 0 radical (unpaired) electrons. The van der Waals surface area contributed by atoms with Crippen molar-refractivity contribution in [3.8, 4) is 0 Å². The zero-order valence-corrected chi connectivity index (χ0v) is 31.4. The molecule has 6 aliphatic rings. The summed E-state index contributed by atoms with van der Waals surface area (Å²) in [6.45, 7) is 13.9. The van der Waals surface area contributed by atoms with E-state index in [0.717, 1.165) is 43.9 Å². The first-order valence-electron chi connectivity index (χ1n) is 19.1. The molecule has 0 aromatic carbocycles. The average molecular weight is 701 g/mol. The molecule has 0 aromatic rings. The van der Waals surface area contributed by atoms with Gasteiger partial charge in [0.2, 0.25) is 6.10 Å². The van der Waals surface area contributed by atoms with Crippen LogP contribution in [0.5, 0.6) is 0 Å². The van der Waals surface area contributed by atoms with Gasteiger partial charge in [0.15, 0.2) is 5.78 Å². The second-order valence-corrected chi connectivity index (χ2v) is 17.7. The lowest BCUT2D eigenvalue weighted by Gasteiger charge is -2.59. The molecule has 1 aliphatic heterocycles. The Morgan fingerprint density at radius 2 is 1.50 bits per heavy atom. The van der Waals surface area contributed by atoms with Crippen molar-refractivity contribution >= 4 is 29.7 Å². The predicted octanol–water partition coefficient (Wildman–Crippen LogP) is 7.06. The van der Waals surface area contributed by atoms with E-state index in [1.807, 2.05) is 20.8 Å². The average Bonchev–Trinajstić information content (AvgIpc) is 3.43. The van der Waals surface area contributed by atoms with Crippen molar-refractivity contribution in [2.75, 3.05) is 19.8 Å². The molecule has 1 heterocycles. The van der Waals surface area contributed by atoms with Crippen LogP contribution >= 0.6 is 0 Å². The van der Waals surface area contributed by atoms with E-state index in [0.29, 0.717) is 49.9 Å². The van der Waals surface area contributed by atoms with Gasteiger partial charge in [0.05, 0.1) is 41.8 Å². The van der Waals surface area contributed by atoms with Crippen LogP contribution in [0.3, 0.4) is 0 Å². The molecule has 10 nitrogen and oxygen atoms in total. The van der Waals surface area contributed by atoms with Crippen LogP contribution in [0.25, 0.3) is 0 Å². The molecule has 4 bridgehead atoms. The van der Waals surface area contributed by atoms with Gasteiger partial charge >= 0.3 is 23.9 Å². The summed E-state index contributed by atoms with van der Waals surface area (Å²) in [5.41, 5.74) is -4.01. The number of rotatable bonds is 16. The number of esters is 4. The minimum atomic E-state index is -1.32. The smallest absolute Gasteiger partial charge is 0.347 e. The van der Waals surface area contributed by atoms with Gasteiger partial charge in [0, 0.05) is 25.3 Å². The number of ether oxygens (including phenoxy) is 5. The quantitative estimate of drug-likeness (QED) is 0.0937. The molecular weight excluding hydrogens is 640 g/mol. The summed E-state index contributed by atoms with van der Waals surface area (Å²) in [5, 5.41) is 0. The van der Waals surface area contributed by atoms with Crippen LogP contribution < -0.4 is 0 Å². The third-order valence-electron chi connectivity index (χ3n) is 12.6. The summed E-state index contributed by atoms with van der Waals surface area (Å²) >= 11 is 0. The zero-order chi connectivity index (χ0) is 36.5. The van der Waals surface area contributed by atoms with Gasteiger partial charge in [-0.25, -0.2) is 4.79 Å². The maximum atomic E-state index is 14.3. The summed E-state index contributed by atoms with van der Waals surface area (Å²) in [6, 6.07) is 0. The summed E-state index contributed by atoms with van der Waals surface area (Å²) in [4.78, 5) is 66.0. The van der Waals surface area contributed by atoms with E-state index >= 15 is 0 Å². The van der Waals surface area contributed by atoms with Gasteiger partial charge in [-0.15, -0.1) is 0 Å². The summed E-state index contributed by atoms with van der Waals surface area (Å²) < 4.78 is 28.9. The van der Waals surface area contributed by atoms with Crippen molar-refractivity contribution in [3.63, 3.8) is 0 Å². The highest BCUT2D eigenvalue weighted by Gasteiger charge is 2.59. The van der Waals surface area contributed by atoms with Gasteiger partial charge in [-0.1, -0.05) is 13.8 Å². The van der Waals surface area contributed by atoms with Crippen molar-refractivity contribution < 1.29 is 47.7 Å². The van der Waals surface area contributed by atoms with Crippen molar-refractivity contribution in [3.05, 3.63) is 11.8 Å². The van der Waals surface area contributed by atoms with E-state index in [1.165, 1.54) is 6.42 Å². The van der Waals surface area contributed by atoms with Crippen LogP contribution in [0, 0.1) is 45.8 Å². The first kappa shape index (κ1) is 38.3. The number of allylic oxidation sites excluding steroid dienone is 2. The lowest BCUT2D eigenvalue weighted by atomic mass is 9.50. The summed E-state index contributed by atoms with van der Waals surface area (Å²) in [5.74, 6) is 1.22. The van der Waals surface area contributed by atoms with Gasteiger partial charge in [-0.05, 0) is 128 Å². The Bertz CT molecular complexity index is 1320. The van der Waals surface area contributed by atoms with Gasteiger partial charge in [-0.3, -0.25) is 19.2 Å². The van der Waals surface area contributed by atoms with Crippen LogP contribution in [0.4, 0.5) is 0 Å². The van der Waals surface area contributed by atoms with Crippen molar-refractivity contribution in [1.29, 1.82) is 0 Å². The topological polar surface area (TPSA) is 132 Å². The molecule has 4 saturated carbocycles. The highest BCUT2D eigenvalue weighted by atomic mass is 16.6. The van der Waals surface area contributed by atoms with Crippen molar-refractivity contribution in [2.24, 2.45) is 45.8 Å². The maximum absolute atomic E-state index is 14.3. The Morgan fingerprint density at radius 3 is 2.08 bits per heavy atom. The fraction of sp³-hybridized carbons (Fsp3) is 0.825. The molecule has 0 N–H and O–H groups in total. The van der Waals surface area contributed by atoms with Gasteiger partial charge in [-0.2, -0.15) is 0 Å². The normalized spacial score (nSPS) is 32.7. The molecular formula is C40H60O10. The minimum absolute atomic E-state index is 0.0393. The molecule has 0 spiro atoms. The van der Waals surface area contributed by atoms with E-state index in [2.05, 4.69) is 6.92 Å². The second-order valence-electron chi connectivity index (χ2n) is 17.7. The fourth-order valence-electron chi connectivity index (χ4n) is 9.85. The van der Waals surface area contributed by atoms with E-state index in [-0.39, 0.29) is 50.1 Å². The van der Waals surface area contributed by atoms with E-state index in [9.17, 15) is 24.0 Å². The Hall–Kier alpha value is -2.91. The van der Waals surface area contributed by atoms with Crippen LogP contribution in [0.1, 0.15) is 132 Å². The number of carbonyl (C=O) groups excluding carboxylic acids is 5. The van der Waals surface area contributed by atoms with E-state index in [4.69, 9.17) is 23.7 Å². The number of unbranched alkanes of at least 4 members (excludes halogenated alkanes) is 1. The highest BCUT2D eigenvalue weighted by molar-refractivity contribution is 5.91. The number of hydrogen-bond donors (Lipinski definition) is 0. The zero-order valence-electron chi connectivity index (χ0n) is 31.4. The largest absolute Gasteiger partial charge is 0.498 e. The molecule has 5 fully saturated rings. The molecule has 10 heteroatoms. The van der Waals surface area contributed by atoms with Crippen molar-refractivity contribution in [1.82, 2.24) is 0 Å². The molecule has 4 atom stereocenters. The maximum Gasteiger partial charge on any atom is 0.347 e. The monoisotopic (exact) mass is 700 g/mol. The van der Waals surface area contributed by atoms with Gasteiger partial charge in [0.1, 0.15) is 5.60 Å². The van der Waals surface area contributed by atoms with Crippen LogP contribution in [0.2, 0.25) is 0 Å². The molecule has 50 heavy (non-hydrogen) atoms. The standard InChI is InChI=1S/C40H60O10/c1-8-38(5,36(45)50-40(7)28-18-26-17-27(20-28)21-29(40)19-26)24-39(6,35(44)49-32-11-14-47-33(32)42)23-37(3,4)34(43)48-13-10-9-12-46-31-16-25(2)15-30(41)22-31/h22,25-29,32H,8-21,23-24H2,1-7H3.